The van der Waals surface area contributed by atoms with Crippen LogP contribution >= 0.6 is 0 Å². The number of hydrogen-bond donors (Lipinski definition) is 2. The van der Waals surface area contributed by atoms with E-state index < -0.39 is 0 Å². The lowest BCUT2D eigenvalue weighted by atomic mass is 10.0. The molecular weight excluding hydrogens is 252 g/mol. The van der Waals surface area contributed by atoms with E-state index in [2.05, 4.69) is 5.32 Å². The standard InChI is InChI=1S/C16H12N2O2/c17-10-6-5-9-8-20-15(12(9)7-10)14-11-3-1-2-4-13(11)18-16(14)19/h1-7H,8,17H2,(H,18,19)/b15-14+. The first-order valence-corrected chi connectivity index (χ1v) is 6.40. The smallest absolute Gasteiger partial charge is 0.260 e. The molecule has 0 aliphatic carbocycles. The van der Waals surface area contributed by atoms with Crippen LogP contribution in [0.4, 0.5) is 11.4 Å². The first kappa shape index (κ1) is 11.1. The highest BCUT2D eigenvalue weighted by molar-refractivity contribution is 6.36. The summed E-state index contributed by atoms with van der Waals surface area (Å²) in [5.41, 5.74) is 10.8. The van der Waals surface area contributed by atoms with Crippen LogP contribution < -0.4 is 11.1 Å². The van der Waals surface area contributed by atoms with E-state index >= 15 is 0 Å². The van der Waals surface area contributed by atoms with E-state index in [1.807, 2.05) is 42.5 Å². The molecule has 2 heterocycles. The zero-order chi connectivity index (χ0) is 13.7. The van der Waals surface area contributed by atoms with Gasteiger partial charge in [-0.25, -0.2) is 0 Å². The molecule has 20 heavy (non-hydrogen) atoms. The highest BCUT2D eigenvalue weighted by Gasteiger charge is 2.32. The van der Waals surface area contributed by atoms with Crippen molar-refractivity contribution in [3.63, 3.8) is 0 Å². The average molecular weight is 264 g/mol. The third kappa shape index (κ3) is 1.45. The van der Waals surface area contributed by atoms with Crippen LogP contribution in [0.3, 0.4) is 0 Å². The number of fused-ring (bicyclic) bond motifs is 2. The zero-order valence-corrected chi connectivity index (χ0v) is 10.6. The lowest BCUT2D eigenvalue weighted by Gasteiger charge is -2.05. The first-order valence-electron chi connectivity index (χ1n) is 6.40. The predicted molar refractivity (Wildman–Crippen MR) is 77.5 cm³/mol. The Hall–Kier alpha value is -2.75. The number of hydrogen-bond acceptors (Lipinski definition) is 3. The lowest BCUT2D eigenvalue weighted by molar-refractivity contribution is -0.110. The summed E-state index contributed by atoms with van der Waals surface area (Å²) in [6.07, 6.45) is 0. The molecule has 2 aromatic carbocycles. The molecule has 2 aliphatic heterocycles. The van der Waals surface area contributed by atoms with Crippen LogP contribution in [0.1, 0.15) is 16.7 Å². The molecule has 0 aromatic heterocycles. The summed E-state index contributed by atoms with van der Waals surface area (Å²) in [6, 6.07) is 13.3. The normalized spacial score (nSPS) is 19.3. The fourth-order valence-electron chi connectivity index (χ4n) is 2.71. The van der Waals surface area contributed by atoms with Gasteiger partial charge in [0.2, 0.25) is 0 Å². The predicted octanol–water partition coefficient (Wildman–Crippen LogP) is 2.62. The van der Waals surface area contributed by atoms with Gasteiger partial charge in [-0.2, -0.15) is 0 Å². The van der Waals surface area contributed by atoms with Crippen molar-refractivity contribution in [3.05, 3.63) is 59.2 Å². The molecular formula is C16H12N2O2. The number of anilines is 2. The number of rotatable bonds is 0. The highest BCUT2D eigenvalue weighted by Crippen LogP contribution is 2.41. The van der Waals surface area contributed by atoms with Crippen molar-refractivity contribution in [1.82, 2.24) is 0 Å². The second-order valence-corrected chi connectivity index (χ2v) is 4.91. The van der Waals surface area contributed by atoms with Gasteiger partial charge in [0.15, 0.2) is 0 Å². The summed E-state index contributed by atoms with van der Waals surface area (Å²) in [4.78, 5) is 12.2. The minimum atomic E-state index is -0.128. The molecule has 4 heteroatoms. The molecule has 0 saturated heterocycles. The molecule has 98 valence electrons. The Labute approximate surface area is 115 Å². The number of nitrogen functional groups attached to an aromatic ring is 1. The number of nitrogens with two attached hydrogens (primary N) is 1. The van der Waals surface area contributed by atoms with E-state index in [4.69, 9.17) is 10.5 Å². The summed E-state index contributed by atoms with van der Waals surface area (Å²) >= 11 is 0. The minimum absolute atomic E-state index is 0.128. The summed E-state index contributed by atoms with van der Waals surface area (Å²) in [7, 11) is 0. The lowest BCUT2D eigenvalue weighted by Crippen LogP contribution is -2.05. The van der Waals surface area contributed by atoms with Crippen molar-refractivity contribution in [2.24, 2.45) is 0 Å². The Balaban J connectivity index is 1.98. The number of carbonyl (C=O) groups excluding carboxylic acids is 1. The second-order valence-electron chi connectivity index (χ2n) is 4.91. The van der Waals surface area contributed by atoms with Gasteiger partial charge in [0.25, 0.3) is 5.91 Å². The monoisotopic (exact) mass is 264 g/mol. The SMILES string of the molecule is Nc1ccc2c(c1)/C(=C1\C(=O)Nc3ccccc31)OC2. The Morgan fingerprint density at radius 2 is 1.95 bits per heavy atom. The van der Waals surface area contributed by atoms with Gasteiger partial charge in [0.05, 0.1) is 5.57 Å². The van der Waals surface area contributed by atoms with Crippen molar-refractivity contribution >= 4 is 28.6 Å². The zero-order valence-electron chi connectivity index (χ0n) is 10.6. The summed E-state index contributed by atoms with van der Waals surface area (Å²) < 4.78 is 5.75. The maximum atomic E-state index is 12.2. The maximum Gasteiger partial charge on any atom is 0.260 e. The molecule has 0 atom stereocenters. The van der Waals surface area contributed by atoms with Crippen LogP contribution in [0.15, 0.2) is 42.5 Å². The molecule has 0 spiro atoms. The molecule has 1 amide bonds. The molecule has 4 rings (SSSR count). The molecule has 3 N–H and O–H groups in total. The molecule has 2 aromatic rings. The summed E-state index contributed by atoms with van der Waals surface area (Å²) in [5, 5.41) is 2.86. The molecule has 0 saturated carbocycles. The van der Waals surface area contributed by atoms with Gasteiger partial charge in [0, 0.05) is 28.1 Å². The van der Waals surface area contributed by atoms with E-state index in [9.17, 15) is 4.79 Å². The molecule has 0 fully saturated rings. The van der Waals surface area contributed by atoms with E-state index in [0.29, 0.717) is 23.6 Å². The van der Waals surface area contributed by atoms with Crippen molar-refractivity contribution in [1.29, 1.82) is 0 Å². The van der Waals surface area contributed by atoms with Crippen LogP contribution in [0.25, 0.3) is 11.3 Å². The first-order chi connectivity index (χ1) is 9.74. The number of amides is 1. The van der Waals surface area contributed by atoms with Crippen LogP contribution in [0.5, 0.6) is 0 Å². The Morgan fingerprint density at radius 3 is 2.85 bits per heavy atom. The number of nitrogens with one attached hydrogen (secondary N) is 1. The third-order valence-electron chi connectivity index (χ3n) is 3.65. The molecule has 0 radical (unpaired) electrons. The number of para-hydroxylation sites is 1. The van der Waals surface area contributed by atoms with E-state index in [1.54, 1.807) is 0 Å². The van der Waals surface area contributed by atoms with Gasteiger partial charge in [-0.05, 0) is 18.2 Å². The van der Waals surface area contributed by atoms with Crippen LogP contribution in [0, 0.1) is 0 Å². The maximum absolute atomic E-state index is 12.2. The van der Waals surface area contributed by atoms with Gasteiger partial charge < -0.3 is 15.8 Å². The Bertz CT molecular complexity index is 778. The van der Waals surface area contributed by atoms with Crippen molar-refractivity contribution < 1.29 is 9.53 Å². The molecule has 2 aliphatic rings. The van der Waals surface area contributed by atoms with Gasteiger partial charge in [-0.3, -0.25) is 4.79 Å². The van der Waals surface area contributed by atoms with Gasteiger partial charge >= 0.3 is 0 Å². The van der Waals surface area contributed by atoms with Crippen LogP contribution in [-0.4, -0.2) is 5.91 Å². The Morgan fingerprint density at radius 1 is 1.10 bits per heavy atom. The van der Waals surface area contributed by atoms with Gasteiger partial charge in [-0.1, -0.05) is 24.3 Å². The third-order valence-corrected chi connectivity index (χ3v) is 3.65. The topological polar surface area (TPSA) is 64.4 Å². The van der Waals surface area contributed by atoms with Crippen molar-refractivity contribution in [3.8, 4) is 0 Å². The van der Waals surface area contributed by atoms with E-state index in [0.717, 1.165) is 22.4 Å². The fourth-order valence-corrected chi connectivity index (χ4v) is 2.71. The second kappa shape index (κ2) is 3.87. The van der Waals surface area contributed by atoms with Gasteiger partial charge in [0.1, 0.15) is 12.4 Å². The highest BCUT2D eigenvalue weighted by atomic mass is 16.5. The van der Waals surface area contributed by atoms with Crippen molar-refractivity contribution in [2.45, 2.75) is 6.61 Å². The number of ether oxygens (including phenoxy) is 1. The summed E-state index contributed by atoms with van der Waals surface area (Å²) in [6.45, 7) is 0.476. The molecule has 0 unspecified atom stereocenters. The average Bonchev–Trinajstić information content (AvgIpc) is 2.98. The van der Waals surface area contributed by atoms with Crippen LogP contribution in [0.2, 0.25) is 0 Å². The van der Waals surface area contributed by atoms with Gasteiger partial charge in [-0.15, -0.1) is 0 Å². The quantitative estimate of drug-likeness (QED) is 0.568. The summed E-state index contributed by atoms with van der Waals surface area (Å²) in [5.74, 6) is 0.492. The van der Waals surface area contributed by atoms with Crippen LogP contribution in [-0.2, 0) is 16.1 Å². The van der Waals surface area contributed by atoms with Crippen molar-refractivity contribution in [2.75, 3.05) is 11.1 Å². The van der Waals surface area contributed by atoms with E-state index in [-0.39, 0.29) is 5.91 Å². The van der Waals surface area contributed by atoms with E-state index in [1.165, 1.54) is 0 Å². The molecule has 4 nitrogen and oxygen atoms in total. The number of benzene rings is 2. The number of carbonyl (C=O) groups is 1. The largest absolute Gasteiger partial charge is 0.487 e. The fraction of sp³-hybridized carbons (Fsp3) is 0.0625. The Kier molecular flexibility index (Phi) is 2.15. The molecule has 0 bridgehead atoms. The minimum Gasteiger partial charge on any atom is -0.487 e.